The topological polar surface area (TPSA) is 9.23 Å². The van der Waals surface area contributed by atoms with Gasteiger partial charge in [0.05, 0.1) is 7.11 Å². The number of ether oxygens (including phenoxy) is 1. The van der Waals surface area contributed by atoms with Gasteiger partial charge in [0.2, 0.25) is 0 Å². The van der Waals surface area contributed by atoms with E-state index in [0.29, 0.717) is 0 Å². The zero-order valence-corrected chi connectivity index (χ0v) is 10.8. The van der Waals surface area contributed by atoms with Crippen molar-refractivity contribution in [2.45, 2.75) is 25.7 Å². The molecule has 1 aliphatic rings. The Morgan fingerprint density at radius 1 is 0.778 bits per heavy atom. The molecule has 0 N–H and O–H groups in total. The van der Waals surface area contributed by atoms with E-state index in [4.69, 9.17) is 4.74 Å². The second-order valence-electron chi connectivity index (χ2n) is 4.93. The third-order valence-corrected chi connectivity index (χ3v) is 3.74. The Labute approximate surface area is 108 Å². The Morgan fingerprint density at radius 2 is 1.33 bits per heavy atom. The number of hydrogen-bond acceptors (Lipinski definition) is 1. The second kappa shape index (κ2) is 4.85. The minimum absolute atomic E-state index is 1.06. The van der Waals surface area contributed by atoms with E-state index in [0.717, 1.165) is 31.4 Å². The average molecular weight is 238 g/mol. The van der Waals surface area contributed by atoms with Gasteiger partial charge in [0, 0.05) is 0 Å². The lowest BCUT2D eigenvalue weighted by molar-refractivity contribution is 0.404. The van der Waals surface area contributed by atoms with Crippen molar-refractivity contribution in [3.8, 4) is 5.75 Å². The number of methoxy groups -OCH3 is 1. The molecule has 0 saturated carbocycles. The minimum Gasteiger partial charge on any atom is -0.496 e. The number of para-hydroxylation sites is 1. The van der Waals surface area contributed by atoms with Gasteiger partial charge in [-0.05, 0) is 47.9 Å². The van der Waals surface area contributed by atoms with Crippen LogP contribution in [0.5, 0.6) is 5.75 Å². The van der Waals surface area contributed by atoms with Gasteiger partial charge in [0.1, 0.15) is 5.75 Å². The Morgan fingerprint density at radius 3 is 1.89 bits per heavy atom. The molecule has 0 saturated heterocycles. The largest absolute Gasteiger partial charge is 0.496 e. The van der Waals surface area contributed by atoms with Crippen LogP contribution < -0.4 is 4.74 Å². The number of fused-ring (bicyclic) bond motifs is 4. The maximum absolute atomic E-state index is 5.62. The van der Waals surface area contributed by atoms with Crippen LogP contribution in [-0.4, -0.2) is 7.11 Å². The third-order valence-electron chi connectivity index (χ3n) is 3.74. The van der Waals surface area contributed by atoms with Crippen LogP contribution >= 0.6 is 0 Å². The number of rotatable bonds is 1. The molecule has 0 atom stereocenters. The standard InChI is InChI=1S/C17H18O/c1-18-17-15-6-3-7-16(17)11-9-14-5-2-4-13(12-14)8-10-15/h2-7,12H,8-11H2,1H3. The van der Waals surface area contributed by atoms with E-state index < -0.39 is 0 Å². The van der Waals surface area contributed by atoms with Crippen LogP contribution in [0.3, 0.4) is 0 Å². The van der Waals surface area contributed by atoms with E-state index in [2.05, 4.69) is 42.5 Å². The summed E-state index contributed by atoms with van der Waals surface area (Å²) in [6, 6.07) is 15.5. The maximum atomic E-state index is 5.62. The first kappa shape index (κ1) is 11.3. The van der Waals surface area contributed by atoms with Gasteiger partial charge < -0.3 is 4.74 Å². The summed E-state index contributed by atoms with van der Waals surface area (Å²) in [6.45, 7) is 0. The first-order valence-electron chi connectivity index (χ1n) is 6.59. The fourth-order valence-corrected chi connectivity index (χ4v) is 2.79. The number of aryl methyl sites for hydroxylation is 4. The highest BCUT2D eigenvalue weighted by atomic mass is 16.5. The van der Waals surface area contributed by atoms with Crippen molar-refractivity contribution in [1.29, 1.82) is 0 Å². The highest BCUT2D eigenvalue weighted by molar-refractivity contribution is 5.43. The highest BCUT2D eigenvalue weighted by Gasteiger charge is 2.11. The van der Waals surface area contributed by atoms with Gasteiger partial charge in [-0.15, -0.1) is 0 Å². The van der Waals surface area contributed by atoms with E-state index in [9.17, 15) is 0 Å². The molecule has 2 aromatic rings. The van der Waals surface area contributed by atoms with Gasteiger partial charge in [-0.3, -0.25) is 0 Å². The van der Waals surface area contributed by atoms with Crippen LogP contribution in [0.2, 0.25) is 0 Å². The molecule has 4 bridgehead atoms. The average Bonchev–Trinajstić information content (AvgIpc) is 2.42. The summed E-state index contributed by atoms with van der Waals surface area (Å²) >= 11 is 0. The molecule has 0 amide bonds. The molecule has 0 fully saturated rings. The monoisotopic (exact) mass is 238 g/mol. The Kier molecular flexibility index (Phi) is 3.06. The first-order valence-corrected chi connectivity index (χ1v) is 6.59. The Balaban J connectivity index is 2.03. The zero-order chi connectivity index (χ0) is 12.4. The highest BCUT2D eigenvalue weighted by Crippen LogP contribution is 2.27. The van der Waals surface area contributed by atoms with Crippen LogP contribution in [-0.2, 0) is 25.7 Å². The van der Waals surface area contributed by atoms with Crippen molar-refractivity contribution < 1.29 is 4.74 Å². The van der Waals surface area contributed by atoms with E-state index in [1.165, 1.54) is 22.3 Å². The first-order chi connectivity index (χ1) is 8.86. The molecule has 0 spiro atoms. The number of benzene rings is 2. The molecule has 0 radical (unpaired) electrons. The molecule has 0 aliphatic heterocycles. The molecular formula is C17H18O. The fraction of sp³-hybridized carbons (Fsp3) is 0.294. The Hall–Kier alpha value is -1.76. The van der Waals surface area contributed by atoms with Crippen molar-refractivity contribution in [2.24, 2.45) is 0 Å². The summed E-state index contributed by atoms with van der Waals surface area (Å²) in [5.41, 5.74) is 5.54. The molecule has 0 heterocycles. The third kappa shape index (κ3) is 2.13. The fourth-order valence-electron chi connectivity index (χ4n) is 2.79. The lowest BCUT2D eigenvalue weighted by Crippen LogP contribution is -2.03. The maximum Gasteiger partial charge on any atom is 0.125 e. The molecule has 2 aromatic carbocycles. The smallest absolute Gasteiger partial charge is 0.125 e. The molecule has 0 unspecified atom stereocenters. The van der Waals surface area contributed by atoms with Crippen molar-refractivity contribution in [2.75, 3.05) is 7.11 Å². The van der Waals surface area contributed by atoms with Crippen molar-refractivity contribution in [3.05, 3.63) is 64.7 Å². The van der Waals surface area contributed by atoms with Crippen LogP contribution in [0, 0.1) is 0 Å². The summed E-state index contributed by atoms with van der Waals surface area (Å²) in [6.07, 6.45) is 4.29. The number of hydrogen-bond donors (Lipinski definition) is 0. The van der Waals surface area contributed by atoms with Gasteiger partial charge in [-0.25, -0.2) is 0 Å². The van der Waals surface area contributed by atoms with E-state index >= 15 is 0 Å². The van der Waals surface area contributed by atoms with Gasteiger partial charge >= 0.3 is 0 Å². The van der Waals surface area contributed by atoms with E-state index in [-0.39, 0.29) is 0 Å². The second-order valence-corrected chi connectivity index (χ2v) is 4.93. The summed E-state index contributed by atoms with van der Waals surface area (Å²) < 4.78 is 5.62. The molecule has 3 rings (SSSR count). The van der Waals surface area contributed by atoms with E-state index in [1.807, 2.05) is 0 Å². The van der Waals surface area contributed by atoms with Gasteiger partial charge in [-0.1, -0.05) is 42.5 Å². The summed E-state index contributed by atoms with van der Waals surface area (Å²) in [5.74, 6) is 1.10. The predicted octanol–water partition coefficient (Wildman–Crippen LogP) is 3.58. The summed E-state index contributed by atoms with van der Waals surface area (Å²) in [4.78, 5) is 0. The van der Waals surface area contributed by atoms with Crippen molar-refractivity contribution in [3.63, 3.8) is 0 Å². The normalized spacial score (nSPS) is 14.1. The van der Waals surface area contributed by atoms with Crippen molar-refractivity contribution >= 4 is 0 Å². The molecule has 18 heavy (non-hydrogen) atoms. The predicted molar refractivity (Wildman–Crippen MR) is 74.3 cm³/mol. The van der Waals surface area contributed by atoms with Crippen LogP contribution in [0.4, 0.5) is 0 Å². The molecular weight excluding hydrogens is 220 g/mol. The molecule has 1 aliphatic carbocycles. The van der Waals surface area contributed by atoms with Crippen molar-refractivity contribution in [1.82, 2.24) is 0 Å². The van der Waals surface area contributed by atoms with Gasteiger partial charge in [-0.2, -0.15) is 0 Å². The SMILES string of the molecule is COc1c2cccc1CCc1cccc(c1)CC2. The van der Waals surface area contributed by atoms with E-state index in [1.54, 1.807) is 7.11 Å². The Bertz CT molecular complexity index is 516. The van der Waals surface area contributed by atoms with Crippen LogP contribution in [0.1, 0.15) is 22.3 Å². The molecule has 92 valence electrons. The van der Waals surface area contributed by atoms with Gasteiger partial charge in [0.25, 0.3) is 0 Å². The summed E-state index contributed by atoms with van der Waals surface area (Å²) in [5, 5.41) is 0. The lowest BCUT2D eigenvalue weighted by atomic mass is 9.94. The molecule has 1 nitrogen and oxygen atoms in total. The molecule has 0 aromatic heterocycles. The zero-order valence-electron chi connectivity index (χ0n) is 10.8. The summed E-state index contributed by atoms with van der Waals surface area (Å²) in [7, 11) is 1.79. The quantitative estimate of drug-likeness (QED) is 0.738. The minimum atomic E-state index is 1.06. The van der Waals surface area contributed by atoms with Crippen LogP contribution in [0.15, 0.2) is 42.5 Å². The van der Waals surface area contributed by atoms with Crippen LogP contribution in [0.25, 0.3) is 0 Å². The molecule has 1 heteroatoms. The lowest BCUT2D eigenvalue weighted by Gasteiger charge is -2.16. The van der Waals surface area contributed by atoms with Gasteiger partial charge in [0.15, 0.2) is 0 Å².